The van der Waals surface area contributed by atoms with E-state index in [2.05, 4.69) is 0 Å². The number of hydrogen-bond acceptors (Lipinski definition) is 4. The molecule has 1 rings (SSSR count). The van der Waals surface area contributed by atoms with Crippen LogP contribution in [-0.2, 0) is 16.0 Å². The number of carbonyl (C=O) groups is 2. The molecule has 0 radical (unpaired) electrons. The summed E-state index contributed by atoms with van der Waals surface area (Å²) in [7, 11) is 0. The van der Waals surface area contributed by atoms with Crippen LogP contribution in [-0.4, -0.2) is 23.7 Å². The molecule has 0 fully saturated rings. The average Bonchev–Trinajstić information content (AvgIpc) is 2.43. The predicted molar refractivity (Wildman–Crippen MR) is 73.0 cm³/mol. The van der Waals surface area contributed by atoms with Crippen LogP contribution in [0.2, 0.25) is 0 Å². The highest BCUT2D eigenvalue weighted by molar-refractivity contribution is 5.95. The zero-order valence-electron chi connectivity index (χ0n) is 11.1. The van der Waals surface area contributed by atoms with Gasteiger partial charge < -0.3 is 9.84 Å². The van der Waals surface area contributed by atoms with E-state index in [1.54, 1.807) is 25.1 Å². The molecule has 1 aromatic carbocycles. The molecule has 0 aliphatic rings. The number of carbonyl (C=O) groups excluding carboxylic acids is 1. The van der Waals surface area contributed by atoms with Crippen molar-refractivity contribution in [2.75, 3.05) is 6.61 Å². The summed E-state index contributed by atoms with van der Waals surface area (Å²) in [5, 5.41) is 17.2. The third-order valence-corrected chi connectivity index (χ3v) is 2.54. The van der Waals surface area contributed by atoms with Crippen LogP contribution in [0.4, 0.5) is 0 Å². The van der Waals surface area contributed by atoms with Crippen molar-refractivity contribution >= 4 is 18.0 Å². The van der Waals surface area contributed by atoms with Gasteiger partial charge in [-0.25, -0.2) is 9.59 Å². The number of esters is 1. The van der Waals surface area contributed by atoms with E-state index < -0.39 is 11.9 Å². The second kappa shape index (κ2) is 7.74. The number of carboxylic acid groups (broad SMARTS) is 1. The van der Waals surface area contributed by atoms with Crippen molar-refractivity contribution < 1.29 is 19.4 Å². The Bertz CT molecular complexity index is 570. The molecule has 1 N–H and O–H groups in total. The van der Waals surface area contributed by atoms with E-state index in [1.165, 1.54) is 6.08 Å². The first-order valence-electron chi connectivity index (χ1n) is 6.16. The SMILES string of the molecule is CCOC(=O)c1cc(CCC#N)ccc1/C=C/C(=O)O. The van der Waals surface area contributed by atoms with Gasteiger partial charge in [-0.05, 0) is 36.6 Å². The molecule has 1 aromatic rings. The van der Waals surface area contributed by atoms with E-state index in [0.717, 1.165) is 11.6 Å². The average molecular weight is 273 g/mol. The van der Waals surface area contributed by atoms with E-state index in [4.69, 9.17) is 15.1 Å². The molecule has 0 amide bonds. The maximum Gasteiger partial charge on any atom is 0.338 e. The van der Waals surface area contributed by atoms with Gasteiger partial charge in [0.1, 0.15) is 0 Å². The second-order valence-corrected chi connectivity index (χ2v) is 3.97. The number of benzene rings is 1. The number of nitrogens with zero attached hydrogens (tertiary/aromatic N) is 1. The lowest BCUT2D eigenvalue weighted by Crippen LogP contribution is -2.07. The van der Waals surface area contributed by atoms with Crippen LogP contribution in [0.3, 0.4) is 0 Å². The standard InChI is InChI=1S/C15H15NO4/c1-2-20-15(19)13-10-11(4-3-9-16)5-6-12(13)7-8-14(17)18/h5-8,10H,2-4H2,1H3,(H,17,18)/b8-7+. The molecular formula is C15H15NO4. The summed E-state index contributed by atoms with van der Waals surface area (Å²) in [4.78, 5) is 22.4. The highest BCUT2D eigenvalue weighted by atomic mass is 16.5. The number of aryl methyl sites for hydroxylation is 1. The predicted octanol–water partition coefficient (Wildman–Crippen LogP) is 2.42. The zero-order valence-corrected chi connectivity index (χ0v) is 11.1. The van der Waals surface area contributed by atoms with Gasteiger partial charge >= 0.3 is 11.9 Å². The first kappa shape index (κ1) is 15.4. The minimum atomic E-state index is -1.09. The van der Waals surface area contributed by atoms with Crippen molar-refractivity contribution in [1.82, 2.24) is 0 Å². The minimum Gasteiger partial charge on any atom is -0.478 e. The van der Waals surface area contributed by atoms with Crippen molar-refractivity contribution in [3.8, 4) is 6.07 Å². The Morgan fingerprint density at radius 3 is 2.80 bits per heavy atom. The summed E-state index contributed by atoms with van der Waals surface area (Å²) in [5.74, 6) is -1.59. The number of rotatable bonds is 6. The molecule has 0 bridgehead atoms. The first-order valence-corrected chi connectivity index (χ1v) is 6.16. The monoisotopic (exact) mass is 273 g/mol. The van der Waals surface area contributed by atoms with Crippen LogP contribution in [0.15, 0.2) is 24.3 Å². The highest BCUT2D eigenvalue weighted by Gasteiger charge is 2.12. The lowest BCUT2D eigenvalue weighted by molar-refractivity contribution is -0.131. The maximum absolute atomic E-state index is 11.9. The topological polar surface area (TPSA) is 87.4 Å². The molecule has 0 unspecified atom stereocenters. The summed E-state index contributed by atoms with van der Waals surface area (Å²) in [6.07, 6.45) is 3.20. The van der Waals surface area contributed by atoms with Crippen LogP contribution in [0.25, 0.3) is 6.08 Å². The summed E-state index contributed by atoms with van der Waals surface area (Å²) in [6, 6.07) is 7.09. The summed E-state index contributed by atoms with van der Waals surface area (Å²) < 4.78 is 4.95. The molecule has 0 atom stereocenters. The molecular weight excluding hydrogens is 258 g/mol. The lowest BCUT2D eigenvalue weighted by Gasteiger charge is -2.08. The van der Waals surface area contributed by atoms with Gasteiger partial charge in [0.2, 0.25) is 0 Å². The maximum atomic E-state index is 11.9. The Morgan fingerprint density at radius 2 is 2.20 bits per heavy atom. The van der Waals surface area contributed by atoms with Crippen LogP contribution >= 0.6 is 0 Å². The fourth-order valence-corrected chi connectivity index (χ4v) is 1.65. The molecule has 0 saturated carbocycles. The normalized spacial score (nSPS) is 10.2. The Morgan fingerprint density at radius 1 is 1.45 bits per heavy atom. The molecule has 20 heavy (non-hydrogen) atoms. The molecule has 0 heterocycles. The number of hydrogen-bond donors (Lipinski definition) is 1. The van der Waals surface area contributed by atoms with E-state index in [9.17, 15) is 9.59 Å². The Balaban J connectivity index is 3.12. The smallest absolute Gasteiger partial charge is 0.338 e. The van der Waals surface area contributed by atoms with Gasteiger partial charge in [0.05, 0.1) is 18.2 Å². The minimum absolute atomic E-state index is 0.239. The molecule has 0 spiro atoms. The molecule has 5 heteroatoms. The number of aliphatic carboxylic acids is 1. The third kappa shape index (κ3) is 4.58. The van der Waals surface area contributed by atoms with Gasteiger partial charge in [-0.3, -0.25) is 0 Å². The van der Waals surface area contributed by atoms with Crippen molar-refractivity contribution in [2.45, 2.75) is 19.8 Å². The van der Waals surface area contributed by atoms with Gasteiger partial charge in [-0.1, -0.05) is 12.1 Å². The molecule has 0 aliphatic carbocycles. The van der Waals surface area contributed by atoms with Crippen LogP contribution in [0, 0.1) is 11.3 Å². The molecule has 104 valence electrons. The van der Waals surface area contributed by atoms with E-state index >= 15 is 0 Å². The summed E-state index contributed by atoms with van der Waals surface area (Å²) >= 11 is 0. The van der Waals surface area contributed by atoms with Crippen molar-refractivity contribution in [1.29, 1.82) is 5.26 Å². The largest absolute Gasteiger partial charge is 0.478 e. The van der Waals surface area contributed by atoms with Crippen molar-refractivity contribution in [3.05, 3.63) is 41.0 Å². The number of ether oxygens (including phenoxy) is 1. The molecule has 0 aliphatic heterocycles. The number of nitriles is 1. The van der Waals surface area contributed by atoms with Gasteiger partial charge in [-0.2, -0.15) is 5.26 Å². The Kier molecular flexibility index (Phi) is 5.98. The first-order chi connectivity index (χ1) is 9.58. The van der Waals surface area contributed by atoms with Crippen LogP contribution in [0.1, 0.15) is 34.8 Å². The highest BCUT2D eigenvalue weighted by Crippen LogP contribution is 2.16. The Labute approximate surface area is 117 Å². The van der Waals surface area contributed by atoms with Crippen LogP contribution < -0.4 is 0 Å². The summed E-state index contributed by atoms with van der Waals surface area (Å²) in [5.41, 5.74) is 1.62. The third-order valence-electron chi connectivity index (χ3n) is 2.54. The van der Waals surface area contributed by atoms with Crippen molar-refractivity contribution in [2.24, 2.45) is 0 Å². The fraction of sp³-hybridized carbons (Fsp3) is 0.267. The van der Waals surface area contributed by atoms with Gasteiger partial charge in [0.25, 0.3) is 0 Å². The van der Waals surface area contributed by atoms with E-state index in [0.29, 0.717) is 24.0 Å². The second-order valence-electron chi connectivity index (χ2n) is 3.97. The summed E-state index contributed by atoms with van der Waals surface area (Å²) in [6.45, 7) is 1.94. The van der Waals surface area contributed by atoms with E-state index in [1.807, 2.05) is 6.07 Å². The lowest BCUT2D eigenvalue weighted by atomic mass is 10.0. The number of carboxylic acids is 1. The van der Waals surface area contributed by atoms with Crippen LogP contribution in [0.5, 0.6) is 0 Å². The zero-order chi connectivity index (χ0) is 15.0. The molecule has 0 saturated heterocycles. The quantitative estimate of drug-likeness (QED) is 0.635. The molecule has 0 aromatic heterocycles. The van der Waals surface area contributed by atoms with Crippen molar-refractivity contribution in [3.63, 3.8) is 0 Å². The van der Waals surface area contributed by atoms with Gasteiger partial charge in [-0.15, -0.1) is 0 Å². The van der Waals surface area contributed by atoms with E-state index in [-0.39, 0.29) is 6.61 Å². The Hall–Kier alpha value is -2.61. The molecule has 5 nitrogen and oxygen atoms in total. The van der Waals surface area contributed by atoms with Gasteiger partial charge in [0.15, 0.2) is 0 Å². The van der Waals surface area contributed by atoms with Gasteiger partial charge in [0, 0.05) is 12.5 Å². The fourth-order valence-electron chi connectivity index (χ4n) is 1.65.